The molecular weight excluding hydrogens is 574 g/mol. The van der Waals surface area contributed by atoms with E-state index in [1.165, 1.54) is 12.1 Å². The Morgan fingerprint density at radius 3 is 1.50 bits per heavy atom. The van der Waals surface area contributed by atoms with E-state index in [9.17, 15) is 19.5 Å². The number of fused-ring (bicyclic) bond motifs is 1. The molecule has 0 unspecified atom stereocenters. The molecule has 7 heteroatoms. The second kappa shape index (κ2) is 16.3. The third kappa shape index (κ3) is 9.06. The summed E-state index contributed by atoms with van der Waals surface area (Å²) in [7, 11) is 0. The van der Waals surface area contributed by atoms with Crippen molar-refractivity contribution in [2.75, 3.05) is 5.32 Å². The number of aromatic carboxylic acids is 1. The van der Waals surface area contributed by atoms with Crippen molar-refractivity contribution in [2.24, 2.45) is 0 Å². The van der Waals surface area contributed by atoms with E-state index in [2.05, 4.69) is 16.8 Å². The van der Waals surface area contributed by atoms with Gasteiger partial charge < -0.3 is 26.7 Å². The van der Waals surface area contributed by atoms with E-state index in [0.29, 0.717) is 22.2 Å². The van der Waals surface area contributed by atoms with Gasteiger partial charge in [0.25, 0.3) is 5.91 Å². The lowest BCUT2D eigenvalue weighted by molar-refractivity contribution is -0.255. The number of carbonyl (C=O) groups is 3. The number of para-hydroxylation sites is 1. The molecule has 0 saturated carbocycles. The molecule has 0 heterocycles. The molecule has 7 nitrogen and oxygen atoms in total. The van der Waals surface area contributed by atoms with Crippen LogP contribution in [0.2, 0.25) is 0 Å². The fourth-order valence-electron chi connectivity index (χ4n) is 4.81. The van der Waals surface area contributed by atoms with Crippen LogP contribution in [0.25, 0.3) is 10.8 Å². The summed E-state index contributed by atoms with van der Waals surface area (Å²) in [6.45, 7) is 1.78. The van der Waals surface area contributed by atoms with Gasteiger partial charge in [0.2, 0.25) is 0 Å². The van der Waals surface area contributed by atoms with Crippen LogP contribution in [0.15, 0.2) is 146 Å². The van der Waals surface area contributed by atoms with Crippen LogP contribution in [0.3, 0.4) is 0 Å². The van der Waals surface area contributed by atoms with E-state index < -0.39 is 5.97 Å². The average Bonchev–Trinajstić information content (AvgIpc) is 3.06. The number of carboxylic acids is 1. The number of Topliss-reactive ketones (excluding diaryl/α,β-unsaturated/α-hetero) is 1. The number of anilines is 1. The number of nitrogens with one attached hydrogen (secondary N) is 1. The van der Waals surface area contributed by atoms with E-state index in [1.807, 2.05) is 97.1 Å². The molecule has 6 aromatic rings. The molecule has 0 aliphatic carbocycles. The number of ketones is 1. The van der Waals surface area contributed by atoms with Crippen molar-refractivity contribution in [3.63, 3.8) is 0 Å². The normalized spacial score (nSPS) is 10.1. The molecule has 0 spiro atoms. The van der Waals surface area contributed by atoms with Gasteiger partial charge in [0.15, 0.2) is 5.78 Å². The Hall–Kier alpha value is -5.89. The Morgan fingerprint density at radius 2 is 1.02 bits per heavy atom. The number of hydrogen-bond acceptors (Lipinski definition) is 4. The predicted molar refractivity (Wildman–Crippen MR) is 180 cm³/mol. The SMILES string of the molecule is Cc1ccc(C(=O)[O-])c2c(C(=O)Cc3ccccc3)ccc(C(=O)Nc3ccccc3)c12.[NH3+]c1ccccc1.[NH3+]c1ccccc1. The Bertz CT molecular complexity index is 1870. The van der Waals surface area contributed by atoms with Crippen LogP contribution in [0.4, 0.5) is 17.1 Å². The third-order valence-electron chi connectivity index (χ3n) is 7.06. The number of carbonyl (C=O) groups excluding carboxylic acids is 3. The molecule has 6 aromatic carbocycles. The van der Waals surface area contributed by atoms with Crippen LogP contribution in [0.5, 0.6) is 0 Å². The van der Waals surface area contributed by atoms with Gasteiger partial charge in [0.1, 0.15) is 11.4 Å². The monoisotopic (exact) mass is 610 g/mol. The van der Waals surface area contributed by atoms with Gasteiger partial charge in [-0.15, -0.1) is 0 Å². The van der Waals surface area contributed by atoms with E-state index in [0.717, 1.165) is 16.9 Å². The fraction of sp³-hybridized carbons (Fsp3) is 0.0513. The van der Waals surface area contributed by atoms with Crippen molar-refractivity contribution < 1.29 is 31.0 Å². The summed E-state index contributed by atoms with van der Waals surface area (Å²) in [5.41, 5.74) is 12.1. The maximum absolute atomic E-state index is 13.2. The number of carboxylic acid groups (broad SMARTS) is 1. The molecule has 0 saturated heterocycles. The molecule has 46 heavy (non-hydrogen) atoms. The Kier molecular flexibility index (Phi) is 11.7. The minimum atomic E-state index is -1.40. The lowest BCUT2D eigenvalue weighted by atomic mass is 9.89. The van der Waals surface area contributed by atoms with Gasteiger partial charge in [0.05, 0.1) is 5.97 Å². The molecule has 1 amide bonds. The molecule has 7 N–H and O–H groups in total. The first-order valence-electron chi connectivity index (χ1n) is 14.7. The fourth-order valence-corrected chi connectivity index (χ4v) is 4.81. The smallest absolute Gasteiger partial charge is 0.256 e. The lowest BCUT2D eigenvalue weighted by Crippen LogP contribution is -2.39. The minimum absolute atomic E-state index is 0.114. The van der Waals surface area contributed by atoms with Gasteiger partial charge in [-0.05, 0) is 72.0 Å². The molecule has 0 bridgehead atoms. The molecular formula is C39H36N3O4+. The molecule has 0 aromatic heterocycles. The number of benzene rings is 6. The second-order valence-electron chi connectivity index (χ2n) is 10.5. The van der Waals surface area contributed by atoms with Gasteiger partial charge in [-0.1, -0.05) is 97.1 Å². The van der Waals surface area contributed by atoms with Crippen LogP contribution in [0, 0.1) is 6.92 Å². The number of quaternary nitrogens is 2. The first-order valence-corrected chi connectivity index (χ1v) is 14.7. The first-order chi connectivity index (χ1) is 22.2. The van der Waals surface area contributed by atoms with E-state index in [1.54, 1.807) is 43.3 Å². The summed E-state index contributed by atoms with van der Waals surface area (Å²) in [6.07, 6.45) is 0.117. The molecule has 0 atom stereocenters. The van der Waals surface area contributed by atoms with E-state index in [4.69, 9.17) is 0 Å². The van der Waals surface area contributed by atoms with Crippen LogP contribution >= 0.6 is 0 Å². The minimum Gasteiger partial charge on any atom is -0.545 e. The molecule has 0 aliphatic rings. The number of rotatable bonds is 6. The number of aryl methyl sites for hydroxylation is 1. The largest absolute Gasteiger partial charge is 0.545 e. The zero-order valence-electron chi connectivity index (χ0n) is 25.6. The summed E-state index contributed by atoms with van der Waals surface area (Å²) in [6, 6.07) is 44.1. The van der Waals surface area contributed by atoms with Crippen molar-refractivity contribution in [1.82, 2.24) is 0 Å². The van der Waals surface area contributed by atoms with E-state index >= 15 is 0 Å². The summed E-state index contributed by atoms with van der Waals surface area (Å²) < 4.78 is 0. The molecule has 230 valence electrons. The van der Waals surface area contributed by atoms with Gasteiger partial charge in [0, 0.05) is 34.2 Å². The van der Waals surface area contributed by atoms with Crippen molar-refractivity contribution >= 4 is 45.5 Å². The highest BCUT2D eigenvalue weighted by atomic mass is 16.4. The maximum Gasteiger partial charge on any atom is 0.256 e. The van der Waals surface area contributed by atoms with Crippen LogP contribution < -0.4 is 21.9 Å². The highest BCUT2D eigenvalue weighted by molar-refractivity contribution is 6.22. The van der Waals surface area contributed by atoms with Crippen LogP contribution in [-0.4, -0.2) is 17.7 Å². The zero-order chi connectivity index (χ0) is 32.9. The zero-order valence-corrected chi connectivity index (χ0v) is 25.6. The van der Waals surface area contributed by atoms with Gasteiger partial charge in [-0.2, -0.15) is 0 Å². The van der Waals surface area contributed by atoms with Crippen molar-refractivity contribution in [2.45, 2.75) is 13.3 Å². The van der Waals surface area contributed by atoms with Crippen molar-refractivity contribution in [1.29, 1.82) is 0 Å². The number of hydrogen-bond donors (Lipinski definition) is 3. The third-order valence-corrected chi connectivity index (χ3v) is 7.06. The summed E-state index contributed by atoms with van der Waals surface area (Å²) in [5.74, 6) is -2.02. The predicted octanol–water partition coefficient (Wildman–Crippen LogP) is 5.31. The van der Waals surface area contributed by atoms with Gasteiger partial charge in [-0.3, -0.25) is 9.59 Å². The Labute approximate surface area is 268 Å². The Morgan fingerprint density at radius 1 is 0.565 bits per heavy atom. The lowest BCUT2D eigenvalue weighted by Gasteiger charge is -2.17. The second-order valence-corrected chi connectivity index (χ2v) is 10.5. The van der Waals surface area contributed by atoms with Crippen LogP contribution in [0.1, 0.15) is 42.2 Å². The Balaban J connectivity index is 0.000000280. The van der Waals surface area contributed by atoms with Crippen LogP contribution in [-0.2, 0) is 6.42 Å². The van der Waals surface area contributed by atoms with Gasteiger partial charge >= 0.3 is 0 Å². The summed E-state index contributed by atoms with van der Waals surface area (Å²) in [5, 5.41) is 15.4. The van der Waals surface area contributed by atoms with E-state index in [-0.39, 0.29) is 34.6 Å². The first kappa shape index (κ1) is 33.0. The molecule has 0 aliphatic heterocycles. The molecule has 0 radical (unpaired) electrons. The summed E-state index contributed by atoms with van der Waals surface area (Å²) in [4.78, 5) is 38.2. The topological polar surface area (TPSA) is 142 Å². The highest BCUT2D eigenvalue weighted by Crippen LogP contribution is 2.31. The van der Waals surface area contributed by atoms with Crippen molar-refractivity contribution in [3.05, 3.63) is 173 Å². The molecule has 0 fully saturated rings. The standard InChI is InChI=1S/C27H21NO4.2C6H7N/c1-17-12-13-22(27(31)32)25-20(23(29)16-18-8-4-2-5-9-18)14-15-21(24(17)25)26(30)28-19-10-6-3-7-11-19;2*7-6-4-2-1-3-5-6/h2-15H,16H2,1H3,(H,28,30)(H,31,32);2*1-5H,7H2/p+1. The maximum atomic E-state index is 13.2. The summed E-state index contributed by atoms with van der Waals surface area (Å²) >= 11 is 0. The van der Waals surface area contributed by atoms with Gasteiger partial charge in [-0.25, -0.2) is 0 Å². The number of amides is 1. The highest BCUT2D eigenvalue weighted by Gasteiger charge is 2.21. The molecule has 6 rings (SSSR count). The van der Waals surface area contributed by atoms with Crippen molar-refractivity contribution in [3.8, 4) is 0 Å². The quantitative estimate of drug-likeness (QED) is 0.220. The average molecular weight is 611 g/mol.